The van der Waals surface area contributed by atoms with Gasteiger partial charge < -0.3 is 4.74 Å². The zero-order valence-corrected chi connectivity index (χ0v) is 7.24. The Morgan fingerprint density at radius 1 is 1.60 bits per heavy atom. The highest BCUT2D eigenvalue weighted by atomic mass is 35.5. The van der Waals surface area contributed by atoms with Gasteiger partial charge in [0.25, 0.3) is 0 Å². The van der Waals surface area contributed by atoms with Crippen molar-refractivity contribution < 1.29 is 9.53 Å². The van der Waals surface area contributed by atoms with E-state index >= 15 is 0 Å². The van der Waals surface area contributed by atoms with Gasteiger partial charge in [-0.25, -0.2) is 0 Å². The molecule has 0 bridgehead atoms. The summed E-state index contributed by atoms with van der Waals surface area (Å²) in [4.78, 5) is 9.70. The molecule has 0 amide bonds. The molecule has 0 aliphatic carbocycles. The highest BCUT2D eigenvalue weighted by Gasteiger charge is 2.07. The Hall–Kier alpha value is -0.210. The lowest BCUT2D eigenvalue weighted by Crippen LogP contribution is -2.04. The minimum absolute atomic E-state index is 0.359. The molecule has 58 valence electrons. The average Bonchev–Trinajstić information content (AvgIpc) is 1.87. The highest BCUT2D eigenvalue weighted by Crippen LogP contribution is 2.05. The first-order chi connectivity index (χ1) is 4.57. The first kappa shape index (κ1) is 9.79. The number of hydrogen-bond donors (Lipinski definition) is 0. The fourth-order valence-corrected chi connectivity index (χ4v) is 0.448. The van der Waals surface area contributed by atoms with E-state index in [2.05, 4.69) is 0 Å². The third kappa shape index (κ3) is 3.75. The molecule has 0 N–H and O–H groups in total. The van der Waals surface area contributed by atoms with Crippen LogP contribution in [0.15, 0.2) is 11.8 Å². The molecule has 0 aromatic heterocycles. The molecule has 0 aromatic rings. The van der Waals surface area contributed by atoms with Gasteiger partial charge in [-0.15, -0.1) is 0 Å². The van der Waals surface area contributed by atoms with Crippen LogP contribution in [0.5, 0.6) is 0 Å². The minimum atomic E-state index is -0.995. The van der Waals surface area contributed by atoms with E-state index < -0.39 is 4.84 Å². The number of halogens is 2. The van der Waals surface area contributed by atoms with E-state index in [1.165, 1.54) is 13.2 Å². The Bertz CT molecular complexity index is 152. The molecular weight excluding hydrogens is 175 g/mol. The zero-order valence-electron chi connectivity index (χ0n) is 5.73. The summed E-state index contributed by atoms with van der Waals surface area (Å²) < 4.78 is 4.69. The summed E-state index contributed by atoms with van der Waals surface area (Å²) in [6, 6.07) is 0. The first-order valence-electron chi connectivity index (χ1n) is 2.62. The molecule has 0 saturated carbocycles. The Labute approximate surface area is 69.8 Å². The molecule has 0 heterocycles. The van der Waals surface area contributed by atoms with Crippen molar-refractivity contribution in [2.24, 2.45) is 0 Å². The van der Waals surface area contributed by atoms with Crippen molar-refractivity contribution in [2.45, 2.75) is 11.8 Å². The van der Waals surface area contributed by atoms with Gasteiger partial charge in [0.15, 0.2) is 10.6 Å². The molecule has 0 fully saturated rings. The maximum atomic E-state index is 10.7. The zero-order chi connectivity index (χ0) is 8.15. The molecule has 0 radical (unpaired) electrons. The molecule has 0 rings (SSSR count). The van der Waals surface area contributed by atoms with E-state index in [1.807, 2.05) is 0 Å². The fraction of sp³-hybridized carbons (Fsp3) is 0.500. The highest BCUT2D eigenvalue weighted by molar-refractivity contribution is 6.54. The largest absolute Gasteiger partial charge is 0.501 e. The average molecular weight is 183 g/mol. The van der Waals surface area contributed by atoms with E-state index in [9.17, 15) is 4.79 Å². The lowest BCUT2D eigenvalue weighted by molar-refractivity contribution is -0.113. The van der Waals surface area contributed by atoms with Gasteiger partial charge in [0, 0.05) is 6.08 Å². The maximum Gasteiger partial charge on any atom is 0.191 e. The molecule has 2 nitrogen and oxygen atoms in total. The predicted octanol–water partition coefficient (Wildman–Crippen LogP) is 1.91. The van der Waals surface area contributed by atoms with Crippen LogP contribution >= 0.6 is 23.2 Å². The van der Waals surface area contributed by atoms with Crippen LogP contribution < -0.4 is 0 Å². The summed E-state index contributed by atoms with van der Waals surface area (Å²) in [6.45, 7) is 1.65. The number of allylic oxidation sites excluding steroid dienone is 2. The minimum Gasteiger partial charge on any atom is -0.501 e. The number of alkyl halides is 2. The van der Waals surface area contributed by atoms with Crippen LogP contribution in [0.1, 0.15) is 6.92 Å². The van der Waals surface area contributed by atoms with E-state index in [0.29, 0.717) is 5.76 Å². The van der Waals surface area contributed by atoms with Crippen LogP contribution in [-0.2, 0) is 9.53 Å². The summed E-state index contributed by atoms with van der Waals surface area (Å²) in [6.07, 6.45) is 1.25. The number of hydrogen-bond acceptors (Lipinski definition) is 2. The molecule has 0 aromatic carbocycles. The quantitative estimate of drug-likeness (QED) is 0.379. The first-order valence-corrected chi connectivity index (χ1v) is 3.49. The van der Waals surface area contributed by atoms with Crippen molar-refractivity contribution >= 4 is 29.0 Å². The second-order valence-electron chi connectivity index (χ2n) is 1.66. The number of ketones is 1. The lowest BCUT2D eigenvalue weighted by atomic mass is 10.4. The van der Waals surface area contributed by atoms with Crippen molar-refractivity contribution in [2.75, 3.05) is 7.11 Å². The fourth-order valence-electron chi connectivity index (χ4n) is 0.322. The Morgan fingerprint density at radius 2 is 2.10 bits per heavy atom. The Kier molecular flexibility index (Phi) is 4.49. The van der Waals surface area contributed by atoms with E-state index in [-0.39, 0.29) is 5.78 Å². The smallest absolute Gasteiger partial charge is 0.191 e. The van der Waals surface area contributed by atoms with Gasteiger partial charge in [0.1, 0.15) is 0 Å². The van der Waals surface area contributed by atoms with E-state index in [4.69, 9.17) is 27.9 Å². The van der Waals surface area contributed by atoms with Gasteiger partial charge in [0.2, 0.25) is 0 Å². The van der Waals surface area contributed by atoms with Crippen molar-refractivity contribution in [1.29, 1.82) is 0 Å². The van der Waals surface area contributed by atoms with Crippen LogP contribution in [-0.4, -0.2) is 17.7 Å². The third-order valence-corrected chi connectivity index (χ3v) is 1.31. The summed E-state index contributed by atoms with van der Waals surface area (Å²) >= 11 is 10.5. The molecule has 0 saturated heterocycles. The third-order valence-electron chi connectivity index (χ3n) is 0.883. The normalized spacial score (nSPS) is 11.9. The van der Waals surface area contributed by atoms with E-state index in [1.54, 1.807) is 6.92 Å². The monoisotopic (exact) mass is 182 g/mol. The number of carbonyl (C=O) groups excluding carboxylic acids is 1. The number of ether oxygens (including phenoxy) is 1. The lowest BCUT2D eigenvalue weighted by Gasteiger charge is -1.97. The van der Waals surface area contributed by atoms with Gasteiger partial charge in [-0.1, -0.05) is 23.2 Å². The van der Waals surface area contributed by atoms with Crippen molar-refractivity contribution in [1.82, 2.24) is 0 Å². The van der Waals surface area contributed by atoms with Crippen LogP contribution in [0.4, 0.5) is 0 Å². The second-order valence-corrected chi connectivity index (χ2v) is 2.76. The van der Waals surface area contributed by atoms with Gasteiger partial charge >= 0.3 is 0 Å². The molecule has 0 unspecified atom stereocenters. The predicted molar refractivity (Wildman–Crippen MR) is 41.3 cm³/mol. The molecule has 4 heteroatoms. The van der Waals surface area contributed by atoms with Crippen LogP contribution in [0, 0.1) is 0 Å². The van der Waals surface area contributed by atoms with Gasteiger partial charge in [-0.05, 0) is 6.92 Å². The molecule has 0 aliphatic heterocycles. The summed E-state index contributed by atoms with van der Waals surface area (Å²) in [7, 11) is 1.47. The molecular formula is C6H8Cl2O2. The summed E-state index contributed by atoms with van der Waals surface area (Å²) in [5.74, 6) is 0.138. The Balaban J connectivity index is 4.00. The standard InChI is InChI=1S/C6H8Cl2O2/c1-4(10-2)3-5(9)6(7)8/h3,6H,1-2H3/b4-3-. The van der Waals surface area contributed by atoms with Gasteiger partial charge in [0.05, 0.1) is 12.9 Å². The van der Waals surface area contributed by atoms with Crippen molar-refractivity contribution in [3.63, 3.8) is 0 Å². The van der Waals surface area contributed by atoms with Crippen LogP contribution in [0.25, 0.3) is 0 Å². The number of methoxy groups -OCH3 is 1. The van der Waals surface area contributed by atoms with Crippen molar-refractivity contribution in [3.8, 4) is 0 Å². The van der Waals surface area contributed by atoms with Crippen LogP contribution in [0.3, 0.4) is 0 Å². The van der Waals surface area contributed by atoms with Gasteiger partial charge in [-0.3, -0.25) is 4.79 Å². The molecule has 0 aliphatic rings. The van der Waals surface area contributed by atoms with Crippen molar-refractivity contribution in [3.05, 3.63) is 11.8 Å². The number of rotatable bonds is 3. The SMILES string of the molecule is CO/C(C)=C\C(=O)C(Cl)Cl. The topological polar surface area (TPSA) is 26.3 Å². The maximum absolute atomic E-state index is 10.7. The van der Waals surface area contributed by atoms with E-state index in [0.717, 1.165) is 0 Å². The molecule has 0 atom stereocenters. The summed E-state index contributed by atoms with van der Waals surface area (Å²) in [5, 5.41) is 0. The Morgan fingerprint density at radius 3 is 2.40 bits per heavy atom. The number of carbonyl (C=O) groups is 1. The molecule has 10 heavy (non-hydrogen) atoms. The van der Waals surface area contributed by atoms with Gasteiger partial charge in [-0.2, -0.15) is 0 Å². The van der Waals surface area contributed by atoms with Crippen LogP contribution in [0.2, 0.25) is 0 Å². The molecule has 0 spiro atoms. The second kappa shape index (κ2) is 4.58. The summed E-state index contributed by atoms with van der Waals surface area (Å²) in [5.41, 5.74) is 0.